The molecule has 0 spiro atoms. The van der Waals surface area contributed by atoms with Gasteiger partial charge in [-0.1, -0.05) is 0 Å². The molecule has 3 aromatic rings. The van der Waals surface area contributed by atoms with Crippen LogP contribution in [0.1, 0.15) is 47.2 Å². The zero-order chi connectivity index (χ0) is 18.8. The first kappa shape index (κ1) is 17.3. The van der Waals surface area contributed by atoms with Gasteiger partial charge in [-0.25, -0.2) is 15.0 Å². The fourth-order valence-electron chi connectivity index (χ4n) is 3.63. The summed E-state index contributed by atoms with van der Waals surface area (Å²) < 4.78 is 1.94. The van der Waals surface area contributed by atoms with Crippen molar-refractivity contribution in [2.24, 2.45) is 7.05 Å². The number of nitrogens with zero attached hydrogens (tertiary/aromatic N) is 6. The minimum atomic E-state index is -0.0628. The number of rotatable bonds is 3. The number of piperidine rings is 1. The van der Waals surface area contributed by atoms with Crippen molar-refractivity contribution in [3.05, 3.63) is 60.1 Å². The Balaban J connectivity index is 1.71. The summed E-state index contributed by atoms with van der Waals surface area (Å²) in [6.07, 6.45) is 9.91. The molecule has 1 aliphatic rings. The Kier molecular flexibility index (Phi) is 4.66. The van der Waals surface area contributed by atoms with Crippen LogP contribution >= 0.6 is 0 Å². The molecule has 1 aliphatic heterocycles. The number of likely N-dealkylation sites (tertiary alicyclic amines) is 1. The van der Waals surface area contributed by atoms with E-state index in [1.54, 1.807) is 24.7 Å². The number of hydrogen-bond donors (Lipinski definition) is 0. The lowest BCUT2D eigenvalue weighted by atomic mass is 9.97. The van der Waals surface area contributed by atoms with Gasteiger partial charge in [0.25, 0.3) is 5.91 Å². The number of aryl methyl sites for hydroxylation is 2. The molecule has 0 saturated carbocycles. The van der Waals surface area contributed by atoms with Crippen LogP contribution in [-0.2, 0) is 7.05 Å². The normalized spacial score (nSPS) is 17.1. The van der Waals surface area contributed by atoms with Crippen LogP contribution in [0.4, 0.5) is 0 Å². The van der Waals surface area contributed by atoms with Gasteiger partial charge in [0.15, 0.2) is 5.82 Å². The Labute approximate surface area is 158 Å². The smallest absolute Gasteiger partial charge is 0.255 e. The molecule has 1 atom stereocenters. The fraction of sp³-hybridized carbons (Fsp3) is 0.350. The molecule has 0 unspecified atom stereocenters. The quantitative estimate of drug-likeness (QED) is 0.716. The average Bonchev–Trinajstić information content (AvgIpc) is 3.13. The molecule has 3 aromatic heterocycles. The third kappa shape index (κ3) is 3.45. The second-order valence-corrected chi connectivity index (χ2v) is 6.84. The zero-order valence-corrected chi connectivity index (χ0v) is 15.5. The first-order chi connectivity index (χ1) is 13.1. The van der Waals surface area contributed by atoms with Gasteiger partial charge in [0.2, 0.25) is 0 Å². The molecular formula is C20H22N6O. The average molecular weight is 362 g/mol. The van der Waals surface area contributed by atoms with Crippen LogP contribution in [0.25, 0.3) is 11.5 Å². The molecule has 0 aliphatic carbocycles. The number of pyridine rings is 1. The minimum absolute atomic E-state index is 0.00241. The highest BCUT2D eigenvalue weighted by atomic mass is 16.2. The minimum Gasteiger partial charge on any atom is -0.333 e. The third-order valence-corrected chi connectivity index (χ3v) is 4.92. The van der Waals surface area contributed by atoms with Gasteiger partial charge in [-0.2, -0.15) is 0 Å². The highest BCUT2D eigenvalue weighted by molar-refractivity contribution is 5.94. The van der Waals surface area contributed by atoms with E-state index in [1.807, 2.05) is 41.8 Å². The van der Waals surface area contributed by atoms with Gasteiger partial charge < -0.3 is 9.47 Å². The maximum absolute atomic E-state index is 13.1. The molecular weight excluding hydrogens is 340 g/mol. The van der Waals surface area contributed by atoms with Crippen LogP contribution in [0.5, 0.6) is 0 Å². The van der Waals surface area contributed by atoms with Crippen molar-refractivity contribution < 1.29 is 4.79 Å². The van der Waals surface area contributed by atoms with E-state index >= 15 is 0 Å². The van der Waals surface area contributed by atoms with Gasteiger partial charge in [0.05, 0.1) is 17.3 Å². The summed E-state index contributed by atoms with van der Waals surface area (Å²) in [6, 6.07) is 5.51. The molecule has 7 nitrogen and oxygen atoms in total. The first-order valence-corrected chi connectivity index (χ1v) is 9.18. The summed E-state index contributed by atoms with van der Waals surface area (Å²) in [5.74, 6) is 1.48. The van der Waals surface area contributed by atoms with Gasteiger partial charge in [-0.15, -0.1) is 0 Å². The molecule has 1 fully saturated rings. The second kappa shape index (κ2) is 7.26. The summed E-state index contributed by atoms with van der Waals surface area (Å²) in [5, 5.41) is 0. The van der Waals surface area contributed by atoms with Crippen molar-refractivity contribution in [2.75, 3.05) is 6.54 Å². The number of carbonyl (C=O) groups excluding carboxylic acids is 1. The number of carbonyl (C=O) groups is 1. The monoisotopic (exact) mass is 362 g/mol. The summed E-state index contributed by atoms with van der Waals surface area (Å²) >= 11 is 0. The molecule has 0 bridgehead atoms. The second-order valence-electron chi connectivity index (χ2n) is 6.84. The Morgan fingerprint density at radius 2 is 2.11 bits per heavy atom. The predicted molar refractivity (Wildman–Crippen MR) is 101 cm³/mol. The van der Waals surface area contributed by atoms with Crippen molar-refractivity contribution in [3.8, 4) is 11.5 Å². The third-order valence-electron chi connectivity index (χ3n) is 4.92. The molecule has 1 saturated heterocycles. The zero-order valence-electron chi connectivity index (χ0n) is 15.5. The maximum atomic E-state index is 13.1. The Morgan fingerprint density at radius 1 is 1.22 bits per heavy atom. The lowest BCUT2D eigenvalue weighted by molar-refractivity contribution is 0.0605. The van der Waals surface area contributed by atoms with E-state index in [0.29, 0.717) is 11.4 Å². The Bertz CT molecular complexity index is 952. The van der Waals surface area contributed by atoms with Crippen LogP contribution in [0.15, 0.2) is 43.0 Å². The van der Waals surface area contributed by atoms with Gasteiger partial charge in [0.1, 0.15) is 11.5 Å². The number of amides is 1. The number of hydrogen-bond acceptors (Lipinski definition) is 5. The highest BCUT2D eigenvalue weighted by Gasteiger charge is 2.30. The Hall–Kier alpha value is -3.09. The predicted octanol–water partition coefficient (Wildman–Crippen LogP) is 2.95. The van der Waals surface area contributed by atoms with Crippen molar-refractivity contribution in [3.63, 3.8) is 0 Å². The van der Waals surface area contributed by atoms with Gasteiger partial charge in [-0.05, 0) is 44.4 Å². The number of imidazole rings is 1. The first-order valence-electron chi connectivity index (χ1n) is 9.18. The largest absolute Gasteiger partial charge is 0.333 e. The van der Waals surface area contributed by atoms with Crippen molar-refractivity contribution in [1.82, 2.24) is 29.4 Å². The van der Waals surface area contributed by atoms with Gasteiger partial charge >= 0.3 is 0 Å². The van der Waals surface area contributed by atoms with E-state index in [0.717, 1.165) is 43.0 Å². The van der Waals surface area contributed by atoms with Crippen LogP contribution in [-0.4, -0.2) is 41.9 Å². The molecule has 7 heteroatoms. The molecule has 1 amide bonds. The molecule has 27 heavy (non-hydrogen) atoms. The lowest BCUT2D eigenvalue weighted by Gasteiger charge is -2.35. The summed E-state index contributed by atoms with van der Waals surface area (Å²) in [6.45, 7) is 2.60. The van der Waals surface area contributed by atoms with Gasteiger partial charge in [-0.3, -0.25) is 9.78 Å². The van der Waals surface area contributed by atoms with Crippen molar-refractivity contribution in [2.45, 2.75) is 32.2 Å². The molecule has 4 rings (SSSR count). The maximum Gasteiger partial charge on any atom is 0.255 e. The molecule has 138 valence electrons. The molecule has 0 aromatic carbocycles. The summed E-state index contributed by atoms with van der Waals surface area (Å²) in [5.41, 5.74) is 2.27. The van der Waals surface area contributed by atoms with Crippen LogP contribution in [0, 0.1) is 6.92 Å². The van der Waals surface area contributed by atoms with Crippen molar-refractivity contribution in [1.29, 1.82) is 0 Å². The van der Waals surface area contributed by atoms with E-state index in [-0.39, 0.29) is 11.9 Å². The Morgan fingerprint density at radius 3 is 2.85 bits per heavy atom. The highest BCUT2D eigenvalue weighted by Crippen LogP contribution is 2.32. The molecule has 0 radical (unpaired) electrons. The lowest BCUT2D eigenvalue weighted by Crippen LogP contribution is -2.39. The van der Waals surface area contributed by atoms with Crippen LogP contribution in [0.3, 0.4) is 0 Å². The summed E-state index contributed by atoms with van der Waals surface area (Å²) in [4.78, 5) is 32.7. The van der Waals surface area contributed by atoms with Crippen LogP contribution < -0.4 is 0 Å². The SMILES string of the molecule is Cc1nc(-c2nccn2C)cc([C@@H]2CCCCN2C(=O)c2cccnc2)n1. The summed E-state index contributed by atoms with van der Waals surface area (Å²) in [7, 11) is 1.94. The van der Waals surface area contributed by atoms with E-state index in [9.17, 15) is 4.79 Å². The van der Waals surface area contributed by atoms with E-state index in [4.69, 9.17) is 0 Å². The van der Waals surface area contributed by atoms with Crippen molar-refractivity contribution >= 4 is 5.91 Å². The van der Waals surface area contributed by atoms with Crippen LogP contribution in [0.2, 0.25) is 0 Å². The molecule has 4 heterocycles. The standard InChI is InChI=1S/C20H22N6O/c1-14-23-16(12-17(24-14)19-22-9-11-25(19)2)18-7-3-4-10-26(18)20(27)15-6-5-8-21-13-15/h5-6,8-9,11-13,18H,3-4,7,10H2,1-2H3/t18-/m0/s1. The van der Waals surface area contributed by atoms with E-state index in [1.165, 1.54) is 0 Å². The number of aromatic nitrogens is 5. The topological polar surface area (TPSA) is 76.8 Å². The van der Waals surface area contributed by atoms with Gasteiger partial charge in [0, 0.05) is 38.4 Å². The fourth-order valence-corrected chi connectivity index (χ4v) is 3.63. The van der Waals surface area contributed by atoms with E-state index < -0.39 is 0 Å². The molecule has 0 N–H and O–H groups in total. The van der Waals surface area contributed by atoms with E-state index in [2.05, 4.69) is 19.9 Å².